The summed E-state index contributed by atoms with van der Waals surface area (Å²) in [6.45, 7) is 0. The van der Waals surface area contributed by atoms with E-state index in [4.69, 9.17) is 0 Å². The molecule has 0 aliphatic carbocycles. The van der Waals surface area contributed by atoms with Gasteiger partial charge in [-0.3, -0.25) is 0 Å². The summed E-state index contributed by atoms with van der Waals surface area (Å²) in [5.41, 5.74) is 0. The van der Waals surface area contributed by atoms with E-state index < -0.39 is 0 Å². The summed E-state index contributed by atoms with van der Waals surface area (Å²) in [6.07, 6.45) is 0. The van der Waals surface area contributed by atoms with Crippen molar-refractivity contribution in [2.75, 3.05) is 0 Å². The maximum Gasteiger partial charge on any atom is 0 e. The number of hydrogen-bond donors (Lipinski definition) is 1. The molecule has 0 saturated heterocycles. The van der Waals surface area contributed by atoms with Gasteiger partial charge in [-0.25, -0.2) is 0 Å². The van der Waals surface area contributed by atoms with Crippen LogP contribution in [0.1, 0.15) is 7.43 Å². The Morgan fingerprint density at radius 1 is 1.00 bits per heavy atom. The predicted molar refractivity (Wildman–Crippen MR) is 17.5 cm³/mol. The minimum absolute atomic E-state index is 0. The Morgan fingerprint density at radius 3 is 1.00 bits per heavy atom. The quantitative estimate of drug-likeness (QED) is 0.504. The minimum Gasteiger partial charge on any atom is -0.344 e. The Hall–Kier alpha value is 1.05. The maximum atomic E-state index is 0. The van der Waals surface area contributed by atoms with E-state index in [9.17, 15) is 0 Å². The SMILES string of the molecule is C.N.[B].[Cr].[Ni]. The first-order chi connectivity index (χ1) is 0. The standard InChI is InChI=1S/CH4.B.Cr.H3N.Ni/h1H4;;;1H3;. The van der Waals surface area contributed by atoms with Gasteiger partial charge in [0.2, 0.25) is 0 Å². The van der Waals surface area contributed by atoms with Gasteiger partial charge in [0.1, 0.15) is 0 Å². The van der Waals surface area contributed by atoms with Crippen molar-refractivity contribution in [1.29, 1.82) is 0 Å². The third-order valence-electron chi connectivity index (χ3n) is 0. The summed E-state index contributed by atoms with van der Waals surface area (Å²) in [7, 11) is 0. The van der Waals surface area contributed by atoms with Crippen molar-refractivity contribution in [3.05, 3.63) is 0 Å². The van der Waals surface area contributed by atoms with E-state index in [2.05, 4.69) is 0 Å². The van der Waals surface area contributed by atoms with Crippen LogP contribution in [0.2, 0.25) is 0 Å². The van der Waals surface area contributed by atoms with Crippen LogP contribution in [-0.4, -0.2) is 8.41 Å². The zero-order valence-corrected chi connectivity index (χ0v) is 4.27. The van der Waals surface area contributed by atoms with Gasteiger partial charge in [-0.1, -0.05) is 7.43 Å². The van der Waals surface area contributed by atoms with Crippen LogP contribution >= 0.6 is 0 Å². The van der Waals surface area contributed by atoms with E-state index in [1.165, 1.54) is 0 Å². The van der Waals surface area contributed by atoms with Crippen molar-refractivity contribution in [3.63, 3.8) is 0 Å². The molecule has 0 aromatic rings. The van der Waals surface area contributed by atoms with Crippen molar-refractivity contribution < 1.29 is 33.9 Å². The van der Waals surface area contributed by atoms with Crippen molar-refractivity contribution >= 4 is 8.41 Å². The molecular weight excluding hydrogens is 148 g/mol. The van der Waals surface area contributed by atoms with Gasteiger partial charge >= 0.3 is 0 Å². The van der Waals surface area contributed by atoms with Crippen molar-refractivity contribution in [3.8, 4) is 0 Å². The zero-order valence-electron chi connectivity index (χ0n) is 2.01. The van der Waals surface area contributed by atoms with Crippen LogP contribution in [0.15, 0.2) is 0 Å². The predicted octanol–water partition coefficient (Wildman–Crippen LogP) is 0.412. The summed E-state index contributed by atoms with van der Waals surface area (Å²) >= 11 is 0. The summed E-state index contributed by atoms with van der Waals surface area (Å²) in [5.74, 6) is 0. The first kappa shape index (κ1) is 140. The molecule has 0 aliphatic heterocycles. The van der Waals surface area contributed by atoms with E-state index in [0.29, 0.717) is 0 Å². The molecule has 4 heteroatoms. The van der Waals surface area contributed by atoms with Crippen LogP contribution in [0.3, 0.4) is 0 Å². The molecule has 35 valence electrons. The molecule has 3 N–H and O–H groups in total. The first-order valence-electron chi connectivity index (χ1n) is 0. The Morgan fingerprint density at radius 2 is 1.00 bits per heavy atom. The van der Waals surface area contributed by atoms with Gasteiger partial charge in [0.25, 0.3) is 0 Å². The molecule has 0 spiro atoms. The van der Waals surface area contributed by atoms with Crippen LogP contribution in [0.5, 0.6) is 0 Å². The fourth-order valence-electron chi connectivity index (χ4n) is 0. The van der Waals surface area contributed by atoms with Crippen LogP contribution < -0.4 is 6.15 Å². The second-order valence-corrected chi connectivity index (χ2v) is 0. The van der Waals surface area contributed by atoms with E-state index in [0.717, 1.165) is 0 Å². The number of hydrogen-bond acceptors (Lipinski definition) is 1. The second kappa shape index (κ2) is 75.0. The van der Waals surface area contributed by atoms with Crippen molar-refractivity contribution in [2.45, 2.75) is 7.43 Å². The average molecular weight is 155 g/mol. The molecule has 0 heterocycles. The monoisotopic (exact) mass is 154 g/mol. The van der Waals surface area contributed by atoms with Crippen LogP contribution in [0.4, 0.5) is 0 Å². The Labute approximate surface area is 56.1 Å². The normalized spacial score (nSPS) is 0. The average Bonchev–Trinajstić information content (AvgIpc) is 0. The Kier molecular flexibility index (Phi) is 2100. The smallest absolute Gasteiger partial charge is 0 e. The van der Waals surface area contributed by atoms with Gasteiger partial charge in [0.15, 0.2) is 0 Å². The van der Waals surface area contributed by atoms with Gasteiger partial charge in [0, 0.05) is 42.3 Å². The fourth-order valence-corrected chi connectivity index (χ4v) is 0. The molecule has 0 rings (SSSR count). The molecule has 0 atom stereocenters. The molecular formula is CH7BCrNNi. The summed E-state index contributed by atoms with van der Waals surface area (Å²) in [4.78, 5) is 0. The topological polar surface area (TPSA) is 35.0 Å². The van der Waals surface area contributed by atoms with Crippen molar-refractivity contribution in [2.24, 2.45) is 0 Å². The third kappa shape index (κ3) is 42.6. The molecule has 0 fully saturated rings. The van der Waals surface area contributed by atoms with Gasteiger partial charge in [-0.15, -0.1) is 0 Å². The molecule has 0 aliphatic rings. The Bertz CT molecular complexity index is 11.6. The van der Waals surface area contributed by atoms with Gasteiger partial charge < -0.3 is 6.15 Å². The molecule has 0 amide bonds. The molecule has 0 aromatic carbocycles. The minimum atomic E-state index is 0. The zero-order chi connectivity index (χ0) is 0. The van der Waals surface area contributed by atoms with Crippen LogP contribution in [0, 0.1) is 0 Å². The molecule has 3 radical (unpaired) electrons. The number of rotatable bonds is 0. The molecule has 0 bridgehead atoms. The van der Waals surface area contributed by atoms with Crippen LogP contribution in [-0.2, 0) is 33.9 Å². The maximum absolute atomic E-state index is 0. The second-order valence-electron chi connectivity index (χ2n) is 0. The van der Waals surface area contributed by atoms with Gasteiger partial charge in [-0.2, -0.15) is 0 Å². The first-order valence-corrected chi connectivity index (χ1v) is 0. The molecule has 1 nitrogen and oxygen atoms in total. The molecule has 0 saturated carbocycles. The van der Waals surface area contributed by atoms with E-state index in [1.54, 1.807) is 0 Å². The van der Waals surface area contributed by atoms with Crippen LogP contribution in [0.25, 0.3) is 0 Å². The molecule has 5 heavy (non-hydrogen) atoms. The third-order valence-corrected chi connectivity index (χ3v) is 0. The van der Waals surface area contributed by atoms with E-state index >= 15 is 0 Å². The Balaban J connectivity index is 0. The van der Waals surface area contributed by atoms with Gasteiger partial charge in [0.05, 0.1) is 0 Å². The van der Waals surface area contributed by atoms with Gasteiger partial charge in [-0.05, 0) is 0 Å². The summed E-state index contributed by atoms with van der Waals surface area (Å²) in [5, 5.41) is 0. The largest absolute Gasteiger partial charge is 0.344 e. The fraction of sp³-hybridized carbons (Fsp3) is 1.00. The van der Waals surface area contributed by atoms with E-state index in [1.807, 2.05) is 0 Å². The molecule has 0 aromatic heterocycles. The summed E-state index contributed by atoms with van der Waals surface area (Å²) < 4.78 is 0. The van der Waals surface area contributed by atoms with Crippen molar-refractivity contribution in [1.82, 2.24) is 6.15 Å². The molecule has 0 unspecified atom stereocenters. The van der Waals surface area contributed by atoms with E-state index in [-0.39, 0.29) is 55.8 Å². The summed E-state index contributed by atoms with van der Waals surface area (Å²) in [6, 6.07) is 0.